The first kappa shape index (κ1) is 21.3. The first-order chi connectivity index (χ1) is 14.3. The van der Waals surface area contributed by atoms with Crippen molar-refractivity contribution in [3.63, 3.8) is 0 Å². The minimum Gasteiger partial charge on any atom is -0.357 e. The van der Waals surface area contributed by atoms with Crippen molar-refractivity contribution >= 4 is 23.2 Å². The summed E-state index contributed by atoms with van der Waals surface area (Å²) >= 11 is 1.81. The fourth-order valence-electron chi connectivity index (χ4n) is 3.49. The number of guanidine groups is 1. The van der Waals surface area contributed by atoms with E-state index in [4.69, 9.17) is 4.99 Å². The largest absolute Gasteiger partial charge is 0.357 e. The lowest BCUT2D eigenvalue weighted by Crippen LogP contribution is -2.42. The maximum absolute atomic E-state index is 12.1. The number of thiophene rings is 1. The van der Waals surface area contributed by atoms with Crippen LogP contribution in [0.2, 0.25) is 0 Å². The van der Waals surface area contributed by atoms with E-state index in [9.17, 15) is 4.79 Å². The van der Waals surface area contributed by atoms with Gasteiger partial charge >= 0.3 is 0 Å². The number of carbonyl (C=O) groups is 1. The second kappa shape index (κ2) is 11.6. The van der Waals surface area contributed by atoms with Gasteiger partial charge in [-0.25, -0.2) is 0 Å². The van der Waals surface area contributed by atoms with E-state index in [1.807, 2.05) is 30.3 Å². The van der Waals surface area contributed by atoms with Crippen molar-refractivity contribution in [3.8, 4) is 0 Å². The van der Waals surface area contributed by atoms with Crippen LogP contribution in [0.1, 0.15) is 41.0 Å². The highest BCUT2D eigenvalue weighted by Gasteiger charge is 2.24. The Kier molecular flexibility index (Phi) is 8.52. The molecule has 156 valence electrons. The van der Waals surface area contributed by atoms with Crippen LogP contribution < -0.4 is 16.0 Å². The molecular formula is C22H31N5OS. The molecule has 1 fully saturated rings. The van der Waals surface area contributed by atoms with Gasteiger partial charge in [0.25, 0.3) is 5.91 Å². The van der Waals surface area contributed by atoms with Crippen molar-refractivity contribution in [2.24, 2.45) is 4.99 Å². The standard InChI is InChI=1S/C22H31N5OS/c1-2-23-22(25-13-12-24-21(28)18-9-4-3-5-10-18)26-17-19(20-11-8-16-29-20)27-14-6-7-15-27/h3-5,8-11,16,19H,2,6-7,12-15,17H2,1H3,(H,24,28)(H2,23,25,26). The summed E-state index contributed by atoms with van der Waals surface area (Å²) in [5, 5.41) is 11.7. The zero-order valence-corrected chi connectivity index (χ0v) is 17.9. The molecule has 0 saturated carbocycles. The van der Waals surface area contributed by atoms with Crippen LogP contribution in [0.15, 0.2) is 52.8 Å². The highest BCUT2D eigenvalue weighted by molar-refractivity contribution is 7.10. The monoisotopic (exact) mass is 413 g/mol. The van der Waals surface area contributed by atoms with Crippen molar-refractivity contribution in [1.82, 2.24) is 20.9 Å². The second-order valence-corrected chi connectivity index (χ2v) is 8.02. The first-order valence-corrected chi connectivity index (χ1v) is 11.3. The van der Waals surface area contributed by atoms with E-state index < -0.39 is 0 Å². The van der Waals surface area contributed by atoms with Crippen LogP contribution in [-0.2, 0) is 0 Å². The number of hydrogen-bond donors (Lipinski definition) is 3. The molecule has 0 spiro atoms. The minimum atomic E-state index is -0.0545. The van der Waals surface area contributed by atoms with Gasteiger partial charge < -0.3 is 16.0 Å². The van der Waals surface area contributed by atoms with E-state index in [2.05, 4.69) is 45.3 Å². The quantitative estimate of drug-likeness (QED) is 0.336. The number of nitrogens with zero attached hydrogens (tertiary/aromatic N) is 2. The maximum Gasteiger partial charge on any atom is 0.251 e. The van der Waals surface area contributed by atoms with Crippen LogP contribution in [0.5, 0.6) is 0 Å². The number of amides is 1. The second-order valence-electron chi connectivity index (χ2n) is 7.04. The molecule has 1 amide bonds. The molecule has 1 aromatic carbocycles. The van der Waals surface area contributed by atoms with Gasteiger partial charge in [0.05, 0.1) is 12.6 Å². The smallest absolute Gasteiger partial charge is 0.251 e. The Hall–Kier alpha value is -2.38. The lowest BCUT2D eigenvalue weighted by Gasteiger charge is -2.25. The number of rotatable bonds is 9. The van der Waals surface area contributed by atoms with Gasteiger partial charge in [0.15, 0.2) is 5.96 Å². The van der Waals surface area contributed by atoms with Gasteiger partial charge in [0, 0.05) is 30.1 Å². The molecule has 0 radical (unpaired) electrons. The van der Waals surface area contributed by atoms with Crippen LogP contribution >= 0.6 is 11.3 Å². The molecule has 0 aliphatic carbocycles. The Morgan fingerprint density at radius 2 is 1.83 bits per heavy atom. The summed E-state index contributed by atoms with van der Waals surface area (Å²) in [6, 6.07) is 13.9. The van der Waals surface area contributed by atoms with Gasteiger partial charge in [-0.15, -0.1) is 11.3 Å². The molecule has 2 heterocycles. The van der Waals surface area contributed by atoms with Crippen molar-refractivity contribution in [1.29, 1.82) is 0 Å². The molecule has 0 bridgehead atoms. The average Bonchev–Trinajstić information content (AvgIpc) is 3.46. The molecule has 1 unspecified atom stereocenters. The molecule has 1 saturated heterocycles. The predicted octanol–water partition coefficient (Wildman–Crippen LogP) is 2.87. The lowest BCUT2D eigenvalue weighted by atomic mass is 10.2. The average molecular weight is 414 g/mol. The van der Waals surface area contributed by atoms with E-state index in [0.717, 1.165) is 32.1 Å². The fourth-order valence-corrected chi connectivity index (χ4v) is 4.34. The number of aliphatic imine (C=N–C) groups is 1. The summed E-state index contributed by atoms with van der Waals surface area (Å²) < 4.78 is 0. The molecule has 7 heteroatoms. The molecule has 1 aromatic heterocycles. The third kappa shape index (κ3) is 6.58. The minimum absolute atomic E-state index is 0.0545. The van der Waals surface area contributed by atoms with E-state index >= 15 is 0 Å². The highest BCUT2D eigenvalue weighted by Crippen LogP contribution is 2.28. The Balaban J connectivity index is 1.51. The lowest BCUT2D eigenvalue weighted by molar-refractivity contribution is 0.0954. The van der Waals surface area contributed by atoms with Crippen LogP contribution in [0.4, 0.5) is 0 Å². The number of likely N-dealkylation sites (tertiary alicyclic amines) is 1. The van der Waals surface area contributed by atoms with Gasteiger partial charge in [-0.3, -0.25) is 14.7 Å². The van der Waals surface area contributed by atoms with Crippen LogP contribution in [0.25, 0.3) is 0 Å². The molecule has 3 N–H and O–H groups in total. The Labute approximate surface area is 177 Å². The number of benzene rings is 1. The summed E-state index contributed by atoms with van der Waals surface area (Å²) in [6.45, 7) is 7.05. The Bertz CT molecular complexity index is 757. The Morgan fingerprint density at radius 1 is 1.07 bits per heavy atom. The highest BCUT2D eigenvalue weighted by atomic mass is 32.1. The van der Waals surface area contributed by atoms with Gasteiger partial charge in [0.1, 0.15) is 0 Å². The predicted molar refractivity (Wildman–Crippen MR) is 121 cm³/mol. The van der Waals surface area contributed by atoms with E-state index in [1.165, 1.54) is 17.7 Å². The van der Waals surface area contributed by atoms with Crippen LogP contribution in [0, 0.1) is 0 Å². The number of hydrogen-bond acceptors (Lipinski definition) is 4. The van der Waals surface area contributed by atoms with Crippen LogP contribution in [-0.4, -0.2) is 56.0 Å². The van der Waals surface area contributed by atoms with Gasteiger partial charge in [-0.05, 0) is 56.4 Å². The summed E-state index contributed by atoms with van der Waals surface area (Å²) in [6.07, 6.45) is 2.54. The Morgan fingerprint density at radius 3 is 2.52 bits per heavy atom. The van der Waals surface area contributed by atoms with Crippen molar-refractivity contribution < 1.29 is 4.79 Å². The third-order valence-corrected chi connectivity index (χ3v) is 5.93. The summed E-state index contributed by atoms with van der Waals surface area (Å²) in [5.41, 5.74) is 0.678. The van der Waals surface area contributed by atoms with Crippen molar-refractivity contribution in [3.05, 3.63) is 58.3 Å². The third-order valence-electron chi connectivity index (χ3n) is 4.96. The summed E-state index contributed by atoms with van der Waals surface area (Å²) in [4.78, 5) is 20.9. The normalized spacial score (nSPS) is 15.8. The van der Waals surface area contributed by atoms with Crippen LogP contribution in [0.3, 0.4) is 0 Å². The van der Waals surface area contributed by atoms with Gasteiger partial charge in [-0.2, -0.15) is 0 Å². The van der Waals surface area contributed by atoms with E-state index in [-0.39, 0.29) is 5.91 Å². The fraction of sp³-hybridized carbons (Fsp3) is 0.455. The molecule has 3 rings (SSSR count). The van der Waals surface area contributed by atoms with Gasteiger partial charge in [-0.1, -0.05) is 24.3 Å². The molecule has 1 aliphatic heterocycles. The van der Waals surface area contributed by atoms with E-state index in [0.29, 0.717) is 24.7 Å². The molecule has 1 atom stereocenters. The zero-order chi connectivity index (χ0) is 20.3. The maximum atomic E-state index is 12.1. The number of nitrogens with one attached hydrogen (secondary N) is 3. The van der Waals surface area contributed by atoms with E-state index in [1.54, 1.807) is 11.3 Å². The molecule has 29 heavy (non-hydrogen) atoms. The van der Waals surface area contributed by atoms with Crippen molar-refractivity contribution in [2.75, 3.05) is 39.3 Å². The summed E-state index contributed by atoms with van der Waals surface area (Å²) in [5.74, 6) is 0.739. The summed E-state index contributed by atoms with van der Waals surface area (Å²) in [7, 11) is 0. The first-order valence-electron chi connectivity index (χ1n) is 10.4. The topological polar surface area (TPSA) is 68.8 Å². The van der Waals surface area contributed by atoms with Gasteiger partial charge in [0.2, 0.25) is 0 Å². The SMILES string of the molecule is CCNC(=NCC(c1cccs1)N1CCCC1)NCCNC(=O)c1ccccc1. The molecular weight excluding hydrogens is 382 g/mol. The number of carbonyl (C=O) groups excluding carboxylic acids is 1. The molecule has 1 aliphatic rings. The zero-order valence-electron chi connectivity index (χ0n) is 17.1. The van der Waals surface area contributed by atoms with Crippen molar-refractivity contribution in [2.45, 2.75) is 25.8 Å². The molecule has 6 nitrogen and oxygen atoms in total. The molecule has 2 aromatic rings.